The van der Waals surface area contributed by atoms with Crippen LogP contribution in [0.5, 0.6) is 0 Å². The molecule has 1 aliphatic heterocycles. The van der Waals surface area contributed by atoms with Gasteiger partial charge in [-0.1, -0.05) is 0 Å². The van der Waals surface area contributed by atoms with Gasteiger partial charge in [-0.05, 0) is 25.3 Å². The minimum atomic E-state index is -0.620. The van der Waals surface area contributed by atoms with Gasteiger partial charge in [-0.2, -0.15) is 0 Å². The van der Waals surface area contributed by atoms with Crippen molar-refractivity contribution in [2.24, 2.45) is 0 Å². The van der Waals surface area contributed by atoms with Crippen LogP contribution in [0, 0.1) is 6.92 Å². The Bertz CT molecular complexity index is 814. The smallest absolute Gasteiger partial charge is 0.348 e. The summed E-state index contributed by atoms with van der Waals surface area (Å²) in [4.78, 5) is 52.3. The van der Waals surface area contributed by atoms with Crippen LogP contribution in [-0.2, 0) is 19.1 Å². The Kier molecular flexibility index (Phi) is 8.36. The molecule has 1 N–H and O–H groups in total. The van der Waals surface area contributed by atoms with E-state index in [2.05, 4.69) is 10.2 Å². The molecule has 0 saturated carbocycles. The van der Waals surface area contributed by atoms with Crippen LogP contribution in [0.1, 0.15) is 51.8 Å². The zero-order valence-corrected chi connectivity index (χ0v) is 18.9. The fraction of sp³-hybridized carbons (Fsp3) is 0.600. The lowest BCUT2D eigenvalue weighted by Crippen LogP contribution is -2.45. The summed E-state index contributed by atoms with van der Waals surface area (Å²) >= 11 is 1.00. The number of hydrogen-bond donors (Lipinski definition) is 1. The third-order valence-corrected chi connectivity index (χ3v) is 6.60. The number of carbonyl (C=O) groups is 4. The Labute approximate surface area is 180 Å². The van der Waals surface area contributed by atoms with E-state index < -0.39 is 11.9 Å². The molecule has 2 rings (SSSR count). The summed E-state index contributed by atoms with van der Waals surface area (Å²) in [5.41, 5.74) is 0.593. The van der Waals surface area contributed by atoms with Crippen LogP contribution in [0.25, 0.3) is 0 Å². The van der Waals surface area contributed by atoms with Crippen molar-refractivity contribution in [3.05, 3.63) is 16.0 Å². The molecule has 2 heterocycles. The number of nitrogens with zero attached hydrogens (tertiary/aromatic N) is 2. The van der Waals surface area contributed by atoms with Crippen molar-refractivity contribution < 1.29 is 28.7 Å². The molecule has 1 aromatic rings. The number of hydrogen-bond acceptors (Lipinski definition) is 8. The zero-order valence-electron chi connectivity index (χ0n) is 18.1. The Balaban J connectivity index is 1.96. The van der Waals surface area contributed by atoms with E-state index in [4.69, 9.17) is 9.47 Å². The topological polar surface area (TPSA) is 105 Å². The second kappa shape index (κ2) is 10.5. The Morgan fingerprint density at radius 1 is 1.13 bits per heavy atom. The lowest BCUT2D eigenvalue weighted by molar-refractivity contribution is -0.130. The highest BCUT2D eigenvalue weighted by molar-refractivity contribution is 7.18. The number of likely N-dealkylation sites (tertiary alicyclic amines) is 1. The fourth-order valence-corrected chi connectivity index (χ4v) is 4.60. The molecule has 0 radical (unpaired) electrons. The number of nitrogens with one attached hydrogen (secondary N) is 1. The number of amides is 2. The maximum atomic E-state index is 12.5. The monoisotopic (exact) mass is 439 g/mol. The van der Waals surface area contributed by atoms with Crippen molar-refractivity contribution in [1.82, 2.24) is 9.80 Å². The quantitative estimate of drug-likeness (QED) is 0.647. The summed E-state index contributed by atoms with van der Waals surface area (Å²) in [6.07, 6.45) is 1.99. The van der Waals surface area contributed by atoms with E-state index in [0.29, 0.717) is 12.1 Å². The van der Waals surface area contributed by atoms with Crippen LogP contribution in [0.2, 0.25) is 0 Å². The fourth-order valence-electron chi connectivity index (χ4n) is 3.47. The Morgan fingerprint density at radius 3 is 2.27 bits per heavy atom. The van der Waals surface area contributed by atoms with Crippen molar-refractivity contribution in [3.63, 3.8) is 0 Å². The second-order valence-corrected chi connectivity index (χ2v) is 8.27. The summed E-state index contributed by atoms with van der Waals surface area (Å²) in [5, 5.41) is 3.02. The lowest BCUT2D eigenvalue weighted by Gasteiger charge is -2.36. The summed E-state index contributed by atoms with van der Waals surface area (Å²) < 4.78 is 9.54. The predicted molar refractivity (Wildman–Crippen MR) is 113 cm³/mol. The summed E-state index contributed by atoms with van der Waals surface area (Å²) in [6, 6.07) is 0.237. The summed E-state index contributed by atoms with van der Waals surface area (Å²) in [6.45, 7) is 5.38. The average Bonchev–Trinajstić information content (AvgIpc) is 3.06. The van der Waals surface area contributed by atoms with Gasteiger partial charge in [-0.25, -0.2) is 9.59 Å². The van der Waals surface area contributed by atoms with Gasteiger partial charge in [0.15, 0.2) is 0 Å². The SMILES string of the molecule is COC(=O)c1sc(NC(=O)CCN2CCC(N(C)C(C)=O)CC2)c(C(=O)OC)c1C. The van der Waals surface area contributed by atoms with Crippen molar-refractivity contribution in [2.75, 3.05) is 46.2 Å². The predicted octanol–water partition coefficient (Wildman–Crippen LogP) is 1.90. The first-order valence-corrected chi connectivity index (χ1v) is 10.6. The molecule has 2 amide bonds. The van der Waals surface area contributed by atoms with Gasteiger partial charge in [0.1, 0.15) is 9.88 Å². The van der Waals surface area contributed by atoms with E-state index in [1.165, 1.54) is 14.2 Å². The van der Waals surface area contributed by atoms with E-state index in [-0.39, 0.29) is 39.7 Å². The molecule has 1 aromatic heterocycles. The molecule has 0 unspecified atom stereocenters. The molecule has 0 aromatic carbocycles. The molecule has 166 valence electrons. The second-order valence-electron chi connectivity index (χ2n) is 7.24. The first-order valence-electron chi connectivity index (χ1n) is 9.75. The molecule has 0 spiro atoms. The van der Waals surface area contributed by atoms with Crippen LogP contribution in [-0.4, -0.2) is 80.5 Å². The number of rotatable bonds is 7. The van der Waals surface area contributed by atoms with E-state index in [0.717, 1.165) is 37.3 Å². The van der Waals surface area contributed by atoms with E-state index in [1.54, 1.807) is 18.7 Å². The van der Waals surface area contributed by atoms with Gasteiger partial charge >= 0.3 is 11.9 Å². The third kappa shape index (κ3) is 5.57. The first kappa shape index (κ1) is 23.8. The first-order chi connectivity index (χ1) is 14.2. The molecular weight excluding hydrogens is 410 g/mol. The van der Waals surface area contributed by atoms with Crippen LogP contribution in [0.15, 0.2) is 0 Å². The molecule has 0 aliphatic carbocycles. The molecule has 1 saturated heterocycles. The van der Waals surface area contributed by atoms with Crippen molar-refractivity contribution in [1.29, 1.82) is 0 Å². The lowest BCUT2D eigenvalue weighted by atomic mass is 10.0. The number of methoxy groups -OCH3 is 2. The number of esters is 2. The molecule has 10 heteroatoms. The third-order valence-electron chi connectivity index (χ3n) is 5.42. The highest BCUT2D eigenvalue weighted by Crippen LogP contribution is 2.34. The largest absolute Gasteiger partial charge is 0.465 e. The maximum absolute atomic E-state index is 12.5. The van der Waals surface area contributed by atoms with Gasteiger partial charge in [-0.15, -0.1) is 11.3 Å². The van der Waals surface area contributed by atoms with Gasteiger partial charge in [0.25, 0.3) is 0 Å². The number of ether oxygens (including phenoxy) is 2. The zero-order chi connectivity index (χ0) is 22.4. The number of thiophene rings is 1. The number of carbonyl (C=O) groups excluding carboxylic acids is 4. The molecule has 0 atom stereocenters. The molecular formula is C20H29N3O6S. The van der Waals surface area contributed by atoms with Crippen LogP contribution in [0.4, 0.5) is 5.00 Å². The summed E-state index contributed by atoms with van der Waals surface area (Å²) in [5.74, 6) is -1.37. The van der Waals surface area contributed by atoms with E-state index in [1.807, 2.05) is 7.05 Å². The Hall–Kier alpha value is -2.46. The van der Waals surface area contributed by atoms with Crippen molar-refractivity contribution in [3.8, 4) is 0 Å². The van der Waals surface area contributed by atoms with Gasteiger partial charge in [0, 0.05) is 46.1 Å². The highest BCUT2D eigenvalue weighted by Gasteiger charge is 2.27. The number of anilines is 1. The van der Waals surface area contributed by atoms with Crippen LogP contribution in [0.3, 0.4) is 0 Å². The molecule has 30 heavy (non-hydrogen) atoms. The minimum absolute atomic E-state index is 0.0619. The number of piperidine rings is 1. The van der Waals surface area contributed by atoms with Crippen molar-refractivity contribution >= 4 is 40.1 Å². The van der Waals surface area contributed by atoms with Crippen LogP contribution >= 0.6 is 11.3 Å². The van der Waals surface area contributed by atoms with Gasteiger partial charge in [-0.3, -0.25) is 9.59 Å². The summed E-state index contributed by atoms with van der Waals surface area (Å²) in [7, 11) is 4.32. The van der Waals surface area contributed by atoms with Gasteiger partial charge in [0.05, 0.1) is 19.8 Å². The maximum Gasteiger partial charge on any atom is 0.348 e. The van der Waals surface area contributed by atoms with E-state index in [9.17, 15) is 19.2 Å². The van der Waals surface area contributed by atoms with E-state index >= 15 is 0 Å². The highest BCUT2D eigenvalue weighted by atomic mass is 32.1. The molecule has 1 fully saturated rings. The standard InChI is InChI=1S/C20H29N3O6S/c1-12-16(19(26)28-4)18(30-17(12)20(27)29-5)21-15(25)8-11-23-9-6-14(7-10-23)22(3)13(2)24/h14H,6-11H2,1-5H3,(H,21,25). The molecule has 9 nitrogen and oxygen atoms in total. The normalized spacial score (nSPS) is 14.8. The van der Waals surface area contributed by atoms with Crippen LogP contribution < -0.4 is 5.32 Å². The molecule has 0 bridgehead atoms. The Morgan fingerprint density at radius 2 is 1.73 bits per heavy atom. The molecule has 1 aliphatic rings. The average molecular weight is 440 g/mol. The minimum Gasteiger partial charge on any atom is -0.465 e. The van der Waals surface area contributed by atoms with Gasteiger partial charge in [0.2, 0.25) is 11.8 Å². The van der Waals surface area contributed by atoms with Crippen molar-refractivity contribution in [2.45, 2.75) is 39.2 Å². The van der Waals surface area contributed by atoms with Gasteiger partial charge < -0.3 is 24.6 Å².